The van der Waals surface area contributed by atoms with E-state index >= 15 is 0 Å². The van der Waals surface area contributed by atoms with Crippen LogP contribution in [0.5, 0.6) is 5.75 Å². The fourth-order valence-electron chi connectivity index (χ4n) is 1.09. The van der Waals surface area contributed by atoms with Crippen molar-refractivity contribution in [1.29, 1.82) is 0 Å². The molecular weight excluding hydrogens is 335 g/mol. The summed E-state index contributed by atoms with van der Waals surface area (Å²) in [6, 6.07) is 1.36. The number of hydrogen-bond acceptors (Lipinski definition) is 4. The Morgan fingerprint density at radius 3 is 2.81 bits per heavy atom. The molecule has 0 saturated carbocycles. The Hall–Kier alpha value is -0.990. The van der Waals surface area contributed by atoms with E-state index in [1.807, 2.05) is 0 Å². The molecule has 0 aliphatic rings. The first kappa shape index (κ1) is 13.1. The Morgan fingerprint density at radius 2 is 2.31 bits per heavy atom. The van der Waals surface area contributed by atoms with Gasteiger partial charge in [0.05, 0.1) is 13.5 Å². The molecule has 0 bridgehead atoms. The maximum atomic E-state index is 12.5. The molecule has 0 amide bonds. The van der Waals surface area contributed by atoms with E-state index in [0.717, 1.165) is 0 Å². The topological polar surface area (TPSA) is 59.4 Å². The van der Waals surface area contributed by atoms with Crippen molar-refractivity contribution in [3.63, 3.8) is 0 Å². The lowest BCUT2D eigenvalue weighted by molar-refractivity contribution is -0.139. The summed E-state index contributed by atoms with van der Waals surface area (Å²) in [6.07, 6.45) is -3.15. The van der Waals surface area contributed by atoms with Crippen molar-refractivity contribution in [2.24, 2.45) is 0 Å². The van der Waals surface area contributed by atoms with Crippen molar-refractivity contribution in [2.45, 2.75) is 12.8 Å². The van der Waals surface area contributed by atoms with Crippen LogP contribution in [0.1, 0.15) is 17.7 Å². The van der Waals surface area contributed by atoms with Crippen LogP contribution in [0.2, 0.25) is 0 Å². The van der Waals surface area contributed by atoms with Gasteiger partial charge in [-0.15, -0.1) is 0 Å². The van der Waals surface area contributed by atoms with Gasteiger partial charge in [0.15, 0.2) is 0 Å². The number of nitrogens with zero attached hydrogens (tertiary/aromatic N) is 1. The minimum atomic E-state index is -2.88. The van der Waals surface area contributed by atoms with Gasteiger partial charge in [0.2, 0.25) is 0 Å². The molecule has 88 valence electrons. The number of alkyl halides is 2. The quantitative estimate of drug-likeness (QED) is 0.519. The number of esters is 1. The Labute approximate surface area is 104 Å². The van der Waals surface area contributed by atoms with E-state index in [1.165, 1.54) is 13.2 Å². The summed E-state index contributed by atoms with van der Waals surface area (Å²) < 4.78 is 29.6. The van der Waals surface area contributed by atoms with Crippen molar-refractivity contribution < 1.29 is 23.4 Å². The molecule has 0 aliphatic carbocycles. The molecular formula is C9H8F2INO3. The van der Waals surface area contributed by atoms with Crippen LogP contribution >= 0.6 is 22.6 Å². The first-order valence-corrected chi connectivity index (χ1v) is 5.26. The fourth-order valence-corrected chi connectivity index (χ4v) is 1.73. The van der Waals surface area contributed by atoms with Crippen molar-refractivity contribution in [3.05, 3.63) is 21.0 Å². The van der Waals surface area contributed by atoms with Crippen LogP contribution in [0.15, 0.2) is 6.07 Å². The van der Waals surface area contributed by atoms with E-state index < -0.39 is 23.8 Å². The largest absolute Gasteiger partial charge is 0.506 e. The Kier molecular flexibility index (Phi) is 4.39. The molecule has 0 unspecified atom stereocenters. The lowest BCUT2D eigenvalue weighted by atomic mass is 10.1. The van der Waals surface area contributed by atoms with Gasteiger partial charge in [0, 0.05) is 5.56 Å². The Morgan fingerprint density at radius 1 is 1.69 bits per heavy atom. The number of hydrogen-bond donors (Lipinski definition) is 1. The minimum absolute atomic E-state index is 0.0848. The van der Waals surface area contributed by atoms with Crippen LogP contribution in [0, 0.1) is 3.70 Å². The molecule has 4 nitrogen and oxygen atoms in total. The summed E-state index contributed by atoms with van der Waals surface area (Å²) >= 11 is 1.73. The highest BCUT2D eigenvalue weighted by atomic mass is 127. The summed E-state index contributed by atoms with van der Waals surface area (Å²) in [5.41, 5.74) is -0.632. The molecule has 0 aromatic carbocycles. The number of ether oxygens (including phenoxy) is 1. The molecule has 1 aromatic heterocycles. The molecule has 0 aliphatic heterocycles. The minimum Gasteiger partial charge on any atom is -0.506 e. The monoisotopic (exact) mass is 343 g/mol. The highest BCUT2D eigenvalue weighted by Gasteiger charge is 2.20. The van der Waals surface area contributed by atoms with Gasteiger partial charge in [0.25, 0.3) is 6.43 Å². The maximum absolute atomic E-state index is 12.5. The second-order valence-corrected chi connectivity index (χ2v) is 4.00. The van der Waals surface area contributed by atoms with Crippen LogP contribution in [0.4, 0.5) is 8.78 Å². The lowest BCUT2D eigenvalue weighted by Crippen LogP contribution is -2.07. The fraction of sp³-hybridized carbons (Fsp3) is 0.333. The SMILES string of the molecule is COC(=O)Cc1cc(I)nc(C(F)F)c1O. The summed E-state index contributed by atoms with van der Waals surface area (Å²) in [6.45, 7) is 0. The summed E-state index contributed by atoms with van der Waals surface area (Å²) in [4.78, 5) is 14.5. The number of aromatic nitrogens is 1. The average molecular weight is 343 g/mol. The van der Waals surface area contributed by atoms with E-state index in [2.05, 4.69) is 9.72 Å². The number of aromatic hydroxyl groups is 1. The summed E-state index contributed by atoms with van der Waals surface area (Å²) in [7, 11) is 1.18. The standard InChI is InChI=1S/C9H8F2INO3/c1-16-6(14)3-4-2-5(12)13-7(8(4)15)9(10)11/h2,9,15H,3H2,1H3. The molecule has 0 spiro atoms. The van der Waals surface area contributed by atoms with Crippen molar-refractivity contribution in [3.8, 4) is 5.75 Å². The third-order valence-corrected chi connectivity index (χ3v) is 2.39. The van der Waals surface area contributed by atoms with E-state index in [0.29, 0.717) is 0 Å². The first-order chi connectivity index (χ1) is 7.45. The van der Waals surface area contributed by atoms with Crippen LogP contribution < -0.4 is 0 Å². The van der Waals surface area contributed by atoms with Crippen LogP contribution in [0.25, 0.3) is 0 Å². The van der Waals surface area contributed by atoms with Gasteiger partial charge in [-0.1, -0.05) is 0 Å². The van der Waals surface area contributed by atoms with Crippen molar-refractivity contribution in [2.75, 3.05) is 7.11 Å². The van der Waals surface area contributed by atoms with E-state index in [1.54, 1.807) is 22.6 Å². The summed E-state index contributed by atoms with van der Waals surface area (Å²) in [5.74, 6) is -1.27. The number of carbonyl (C=O) groups is 1. The smallest absolute Gasteiger partial charge is 0.310 e. The number of methoxy groups -OCH3 is 1. The number of pyridine rings is 1. The number of halogens is 3. The number of rotatable bonds is 3. The van der Waals surface area contributed by atoms with Crippen molar-refractivity contribution in [1.82, 2.24) is 4.98 Å². The lowest BCUT2D eigenvalue weighted by Gasteiger charge is -2.08. The molecule has 0 atom stereocenters. The predicted octanol–water partition coefficient (Wildman–Crippen LogP) is 2.04. The molecule has 7 heteroatoms. The normalized spacial score (nSPS) is 10.6. The number of carbonyl (C=O) groups excluding carboxylic acids is 1. The Bertz CT molecular complexity index is 412. The molecule has 0 radical (unpaired) electrons. The van der Waals surface area contributed by atoms with E-state index in [4.69, 9.17) is 0 Å². The van der Waals surface area contributed by atoms with Gasteiger partial charge in [-0.3, -0.25) is 4.79 Å². The zero-order chi connectivity index (χ0) is 12.3. The molecule has 1 N–H and O–H groups in total. The third kappa shape index (κ3) is 3.00. The van der Waals surface area contributed by atoms with Crippen molar-refractivity contribution >= 4 is 28.6 Å². The predicted molar refractivity (Wildman–Crippen MR) is 59.3 cm³/mol. The van der Waals surface area contributed by atoms with Gasteiger partial charge in [0.1, 0.15) is 15.1 Å². The van der Waals surface area contributed by atoms with Crippen LogP contribution in [-0.2, 0) is 16.0 Å². The van der Waals surface area contributed by atoms with Gasteiger partial charge >= 0.3 is 5.97 Å². The third-order valence-electron chi connectivity index (χ3n) is 1.84. The zero-order valence-corrected chi connectivity index (χ0v) is 10.4. The Balaban J connectivity index is 3.14. The van der Waals surface area contributed by atoms with Crippen LogP contribution in [-0.4, -0.2) is 23.2 Å². The molecule has 1 aromatic rings. The van der Waals surface area contributed by atoms with Gasteiger partial charge in [-0.2, -0.15) is 0 Å². The maximum Gasteiger partial charge on any atom is 0.310 e. The molecule has 1 heterocycles. The molecule has 1 rings (SSSR count). The van der Waals surface area contributed by atoms with Gasteiger partial charge in [-0.25, -0.2) is 13.8 Å². The van der Waals surface area contributed by atoms with E-state index in [-0.39, 0.29) is 15.7 Å². The average Bonchev–Trinajstić information content (AvgIpc) is 2.22. The van der Waals surface area contributed by atoms with Crippen LogP contribution in [0.3, 0.4) is 0 Å². The first-order valence-electron chi connectivity index (χ1n) is 4.19. The summed E-state index contributed by atoms with van der Waals surface area (Å²) in [5, 5.41) is 9.47. The second kappa shape index (κ2) is 5.37. The highest BCUT2D eigenvalue weighted by molar-refractivity contribution is 14.1. The van der Waals surface area contributed by atoms with Gasteiger partial charge in [-0.05, 0) is 28.7 Å². The van der Waals surface area contributed by atoms with E-state index in [9.17, 15) is 18.7 Å². The molecule has 0 saturated heterocycles. The highest BCUT2D eigenvalue weighted by Crippen LogP contribution is 2.30. The molecule has 16 heavy (non-hydrogen) atoms. The molecule has 0 fully saturated rings. The zero-order valence-electron chi connectivity index (χ0n) is 8.21. The second-order valence-electron chi connectivity index (χ2n) is 2.89. The van der Waals surface area contributed by atoms with Gasteiger partial charge < -0.3 is 9.84 Å².